The maximum Gasteiger partial charge on any atom is 0.238 e. The van der Waals surface area contributed by atoms with E-state index in [0.717, 1.165) is 16.8 Å². The Kier molecular flexibility index (Phi) is 2.62. The standard InChI is InChI=1S/C14H14FN3O/c1-7-5-10-6-9(3-4-11(10)18-14(7)19)12-13(15)17-8(2)16-12/h3-4,6-7H,5H2,1-2H3,(H,16,17)(H,18,19). The molecule has 0 aliphatic carbocycles. The molecule has 0 bridgehead atoms. The van der Waals surface area contributed by atoms with E-state index >= 15 is 0 Å². The number of aromatic nitrogens is 2. The van der Waals surface area contributed by atoms with Crippen molar-refractivity contribution < 1.29 is 9.18 Å². The van der Waals surface area contributed by atoms with Crippen LogP contribution in [0, 0.1) is 18.8 Å². The van der Waals surface area contributed by atoms with Crippen molar-refractivity contribution >= 4 is 11.6 Å². The number of hydrogen-bond acceptors (Lipinski definition) is 2. The van der Waals surface area contributed by atoms with Gasteiger partial charge in [0.25, 0.3) is 0 Å². The second kappa shape index (κ2) is 4.19. The Morgan fingerprint density at radius 2 is 2.21 bits per heavy atom. The Morgan fingerprint density at radius 1 is 1.42 bits per heavy atom. The van der Waals surface area contributed by atoms with Gasteiger partial charge in [-0.15, -0.1) is 0 Å². The van der Waals surface area contributed by atoms with E-state index in [1.165, 1.54) is 0 Å². The molecule has 3 rings (SSSR count). The SMILES string of the molecule is Cc1nc(F)c(-c2ccc3c(c2)CC(C)C(=O)N3)[nH]1. The number of nitrogens with one attached hydrogen (secondary N) is 2. The highest BCUT2D eigenvalue weighted by Crippen LogP contribution is 2.30. The molecule has 0 saturated carbocycles. The summed E-state index contributed by atoms with van der Waals surface area (Å²) in [5.41, 5.74) is 2.98. The second-order valence-electron chi connectivity index (χ2n) is 4.95. The highest BCUT2D eigenvalue weighted by Gasteiger charge is 2.23. The molecule has 0 fully saturated rings. The van der Waals surface area contributed by atoms with E-state index < -0.39 is 5.95 Å². The van der Waals surface area contributed by atoms with Gasteiger partial charge < -0.3 is 10.3 Å². The lowest BCUT2D eigenvalue weighted by atomic mass is 9.93. The van der Waals surface area contributed by atoms with Crippen LogP contribution in [-0.4, -0.2) is 15.9 Å². The van der Waals surface area contributed by atoms with Crippen LogP contribution in [0.25, 0.3) is 11.3 Å². The molecule has 4 nitrogen and oxygen atoms in total. The number of imidazole rings is 1. The van der Waals surface area contributed by atoms with Crippen molar-refractivity contribution in [1.29, 1.82) is 0 Å². The number of aryl methyl sites for hydroxylation is 1. The highest BCUT2D eigenvalue weighted by molar-refractivity contribution is 5.95. The molecule has 98 valence electrons. The summed E-state index contributed by atoms with van der Waals surface area (Å²) in [7, 11) is 0. The summed E-state index contributed by atoms with van der Waals surface area (Å²) >= 11 is 0. The number of H-pyrrole nitrogens is 1. The number of hydrogen-bond donors (Lipinski definition) is 2. The van der Waals surface area contributed by atoms with Gasteiger partial charge in [-0.1, -0.05) is 13.0 Å². The zero-order chi connectivity index (χ0) is 13.6. The van der Waals surface area contributed by atoms with Gasteiger partial charge in [-0.2, -0.15) is 4.39 Å². The Balaban J connectivity index is 2.05. The zero-order valence-corrected chi connectivity index (χ0v) is 10.7. The molecule has 2 N–H and O–H groups in total. The molecular weight excluding hydrogens is 245 g/mol. The van der Waals surface area contributed by atoms with Gasteiger partial charge in [0.1, 0.15) is 11.5 Å². The van der Waals surface area contributed by atoms with Gasteiger partial charge >= 0.3 is 0 Å². The van der Waals surface area contributed by atoms with Crippen molar-refractivity contribution in [3.05, 3.63) is 35.5 Å². The molecule has 1 aromatic carbocycles. The number of carbonyl (C=O) groups is 1. The Bertz CT molecular complexity index is 663. The quantitative estimate of drug-likeness (QED) is 0.827. The predicted octanol–water partition coefficient (Wildman–Crippen LogP) is 2.65. The third kappa shape index (κ3) is 2.01. The van der Waals surface area contributed by atoms with Gasteiger partial charge in [-0.3, -0.25) is 4.79 Å². The van der Waals surface area contributed by atoms with Crippen LogP contribution in [0.15, 0.2) is 18.2 Å². The first kappa shape index (κ1) is 11.9. The van der Waals surface area contributed by atoms with Crippen molar-refractivity contribution in [3.63, 3.8) is 0 Å². The minimum atomic E-state index is -0.495. The fourth-order valence-electron chi connectivity index (χ4n) is 2.37. The maximum absolute atomic E-state index is 13.7. The number of aromatic amines is 1. The van der Waals surface area contributed by atoms with Crippen molar-refractivity contribution in [2.75, 3.05) is 5.32 Å². The molecule has 19 heavy (non-hydrogen) atoms. The molecule has 1 aromatic heterocycles. The molecule has 1 aliphatic rings. The van der Waals surface area contributed by atoms with Crippen LogP contribution in [-0.2, 0) is 11.2 Å². The topological polar surface area (TPSA) is 57.8 Å². The Hall–Kier alpha value is -2.17. The molecule has 1 unspecified atom stereocenters. The number of carbonyl (C=O) groups excluding carboxylic acids is 1. The monoisotopic (exact) mass is 259 g/mol. The lowest BCUT2D eigenvalue weighted by molar-refractivity contribution is -0.119. The van der Waals surface area contributed by atoms with Crippen LogP contribution in [0.3, 0.4) is 0 Å². The summed E-state index contributed by atoms with van der Waals surface area (Å²) in [4.78, 5) is 18.2. The number of rotatable bonds is 1. The zero-order valence-electron chi connectivity index (χ0n) is 10.7. The van der Waals surface area contributed by atoms with Crippen LogP contribution in [0.5, 0.6) is 0 Å². The lowest BCUT2D eigenvalue weighted by Gasteiger charge is -2.22. The molecule has 2 aromatic rings. The van der Waals surface area contributed by atoms with Gasteiger partial charge in [-0.05, 0) is 31.0 Å². The molecule has 1 aliphatic heterocycles. The first-order chi connectivity index (χ1) is 9.04. The summed E-state index contributed by atoms with van der Waals surface area (Å²) < 4.78 is 13.7. The summed E-state index contributed by atoms with van der Waals surface area (Å²) in [6.45, 7) is 3.60. The van der Waals surface area contributed by atoms with Crippen molar-refractivity contribution in [1.82, 2.24) is 9.97 Å². The van der Waals surface area contributed by atoms with E-state index in [-0.39, 0.29) is 11.8 Å². The summed E-state index contributed by atoms with van der Waals surface area (Å²) in [6.07, 6.45) is 0.670. The first-order valence-corrected chi connectivity index (χ1v) is 6.21. The van der Waals surface area contributed by atoms with E-state index in [9.17, 15) is 9.18 Å². The van der Waals surface area contributed by atoms with Gasteiger partial charge in [0.15, 0.2) is 0 Å². The number of benzene rings is 1. The molecule has 0 spiro atoms. The van der Waals surface area contributed by atoms with E-state index in [1.54, 1.807) is 13.0 Å². The summed E-state index contributed by atoms with van der Waals surface area (Å²) in [5.74, 6) is 0.0251. The summed E-state index contributed by atoms with van der Waals surface area (Å²) in [5, 5.41) is 2.85. The molecule has 5 heteroatoms. The number of nitrogens with zero attached hydrogens (tertiary/aromatic N) is 1. The third-order valence-corrected chi connectivity index (χ3v) is 3.40. The molecule has 1 amide bonds. The third-order valence-electron chi connectivity index (χ3n) is 3.40. The average Bonchev–Trinajstić information content (AvgIpc) is 2.69. The van der Waals surface area contributed by atoms with Crippen LogP contribution >= 0.6 is 0 Å². The number of anilines is 1. The fraction of sp³-hybridized carbons (Fsp3) is 0.286. The smallest absolute Gasteiger partial charge is 0.238 e. The van der Waals surface area contributed by atoms with Crippen molar-refractivity contribution in [2.45, 2.75) is 20.3 Å². The van der Waals surface area contributed by atoms with E-state index in [4.69, 9.17) is 0 Å². The van der Waals surface area contributed by atoms with Crippen LogP contribution in [0.4, 0.5) is 10.1 Å². The predicted molar refractivity (Wildman–Crippen MR) is 70.2 cm³/mol. The van der Waals surface area contributed by atoms with E-state index in [1.807, 2.05) is 19.1 Å². The average molecular weight is 259 g/mol. The minimum absolute atomic E-state index is 0.0313. The molecule has 0 saturated heterocycles. The van der Waals surface area contributed by atoms with Gasteiger partial charge in [0, 0.05) is 17.2 Å². The molecule has 1 atom stereocenters. The number of amides is 1. The number of fused-ring (bicyclic) bond motifs is 1. The van der Waals surface area contributed by atoms with Gasteiger partial charge in [0.2, 0.25) is 11.9 Å². The molecule has 0 radical (unpaired) electrons. The largest absolute Gasteiger partial charge is 0.340 e. The molecule has 2 heterocycles. The van der Waals surface area contributed by atoms with Crippen LogP contribution in [0.1, 0.15) is 18.3 Å². The van der Waals surface area contributed by atoms with Gasteiger partial charge in [-0.25, -0.2) is 4.98 Å². The van der Waals surface area contributed by atoms with Crippen molar-refractivity contribution in [2.24, 2.45) is 5.92 Å². The van der Waals surface area contributed by atoms with Crippen LogP contribution in [0.2, 0.25) is 0 Å². The Morgan fingerprint density at radius 3 is 2.89 bits per heavy atom. The normalized spacial score (nSPS) is 18.1. The second-order valence-corrected chi connectivity index (χ2v) is 4.95. The first-order valence-electron chi connectivity index (χ1n) is 6.21. The highest BCUT2D eigenvalue weighted by atomic mass is 19.1. The van der Waals surface area contributed by atoms with E-state index in [0.29, 0.717) is 17.9 Å². The summed E-state index contributed by atoms with van der Waals surface area (Å²) in [6, 6.07) is 5.50. The van der Waals surface area contributed by atoms with Gasteiger partial charge in [0.05, 0.1) is 0 Å². The van der Waals surface area contributed by atoms with Crippen molar-refractivity contribution in [3.8, 4) is 11.3 Å². The van der Waals surface area contributed by atoms with E-state index in [2.05, 4.69) is 15.3 Å². The number of halogens is 1. The minimum Gasteiger partial charge on any atom is -0.340 e. The van der Waals surface area contributed by atoms with Crippen LogP contribution < -0.4 is 5.32 Å². The Labute approximate surface area is 110 Å². The molecular formula is C14H14FN3O. The lowest BCUT2D eigenvalue weighted by Crippen LogP contribution is -2.27. The fourth-order valence-corrected chi connectivity index (χ4v) is 2.37. The maximum atomic E-state index is 13.7.